The second-order valence-corrected chi connectivity index (χ2v) is 5.63. The maximum Gasteiger partial charge on any atom is 0.359 e. The molecule has 8 nitrogen and oxygen atoms in total. The average Bonchev–Trinajstić information content (AvgIpc) is 2.93. The number of pyridine rings is 1. The molecule has 2 aromatic rings. The van der Waals surface area contributed by atoms with Gasteiger partial charge in [0.15, 0.2) is 0 Å². The van der Waals surface area contributed by atoms with Gasteiger partial charge in [0.2, 0.25) is 11.6 Å². The van der Waals surface area contributed by atoms with Crippen LogP contribution in [0.2, 0.25) is 0 Å². The molecule has 0 radical (unpaired) electrons. The van der Waals surface area contributed by atoms with E-state index in [2.05, 4.69) is 32.2 Å². The highest BCUT2D eigenvalue weighted by Gasteiger charge is 2.17. The minimum atomic E-state index is -1.22. The van der Waals surface area contributed by atoms with Gasteiger partial charge in [0.1, 0.15) is 5.75 Å². The van der Waals surface area contributed by atoms with E-state index < -0.39 is 5.97 Å². The average molecular weight is 316 g/mol. The summed E-state index contributed by atoms with van der Waals surface area (Å²) in [4.78, 5) is 15.1. The molecule has 0 aliphatic rings. The Morgan fingerprint density at radius 2 is 2.09 bits per heavy atom. The summed E-state index contributed by atoms with van der Waals surface area (Å²) in [6.07, 6.45) is 1.39. The molecule has 120 valence electrons. The van der Waals surface area contributed by atoms with Crippen molar-refractivity contribution in [3.8, 4) is 29.4 Å². The number of nitrogens with zero attached hydrogens (tertiary/aromatic N) is 3. The highest BCUT2D eigenvalue weighted by Crippen LogP contribution is 2.25. The molecule has 0 spiro atoms. The van der Waals surface area contributed by atoms with Gasteiger partial charge in [-0.2, -0.15) is 0 Å². The van der Waals surface area contributed by atoms with Crippen molar-refractivity contribution in [2.24, 2.45) is 5.41 Å². The van der Waals surface area contributed by atoms with Crippen LogP contribution in [0.1, 0.15) is 36.8 Å². The van der Waals surface area contributed by atoms with Gasteiger partial charge >= 0.3 is 5.97 Å². The predicted octanol–water partition coefficient (Wildman–Crippen LogP) is 2.10. The molecule has 2 aromatic heterocycles. The van der Waals surface area contributed by atoms with Gasteiger partial charge in [-0.1, -0.05) is 22.2 Å². The van der Waals surface area contributed by atoms with E-state index in [-0.39, 0.29) is 22.7 Å². The fraction of sp³-hybridized carbons (Fsp3) is 0.333. The number of carboxylic acids is 1. The zero-order valence-corrected chi connectivity index (χ0v) is 13.2. The fourth-order valence-corrected chi connectivity index (χ4v) is 1.54. The van der Waals surface area contributed by atoms with Crippen LogP contribution in [0.4, 0.5) is 0 Å². The molecule has 8 heteroatoms. The first-order valence-corrected chi connectivity index (χ1v) is 6.69. The lowest BCUT2D eigenvalue weighted by Crippen LogP contribution is -2.01. The smallest absolute Gasteiger partial charge is 0.359 e. The topological polar surface area (TPSA) is 110 Å². The Hall–Kier alpha value is -3.08. The monoisotopic (exact) mass is 316 g/mol. The van der Waals surface area contributed by atoms with E-state index >= 15 is 0 Å². The van der Waals surface area contributed by atoms with Gasteiger partial charge in [-0.15, -0.1) is 0 Å². The molecule has 0 aliphatic carbocycles. The largest absolute Gasteiger partial charge is 0.480 e. The highest BCUT2D eigenvalue weighted by molar-refractivity contribution is 5.87. The first-order chi connectivity index (χ1) is 10.8. The number of aromatic amines is 1. The van der Waals surface area contributed by atoms with Crippen molar-refractivity contribution in [3.05, 3.63) is 23.5 Å². The third-order valence-corrected chi connectivity index (χ3v) is 2.54. The highest BCUT2D eigenvalue weighted by atomic mass is 16.5. The molecular formula is C15H16N4O4. The summed E-state index contributed by atoms with van der Waals surface area (Å²) < 4.78 is 10.6. The van der Waals surface area contributed by atoms with Gasteiger partial charge in [0.05, 0.1) is 18.9 Å². The summed E-state index contributed by atoms with van der Waals surface area (Å²) in [5.41, 5.74) is 0.0909. The number of hydrogen-bond donors (Lipinski definition) is 2. The van der Waals surface area contributed by atoms with Crippen molar-refractivity contribution in [3.63, 3.8) is 0 Å². The Balaban J connectivity index is 2.35. The fourth-order valence-electron chi connectivity index (χ4n) is 1.54. The lowest BCUT2D eigenvalue weighted by Gasteiger charge is -2.09. The molecule has 2 heterocycles. The molecular weight excluding hydrogens is 300 g/mol. The molecule has 0 fully saturated rings. The van der Waals surface area contributed by atoms with Crippen LogP contribution < -0.4 is 9.47 Å². The number of aromatic nitrogens is 4. The Morgan fingerprint density at radius 3 is 2.70 bits per heavy atom. The summed E-state index contributed by atoms with van der Waals surface area (Å²) in [7, 11) is 1.49. The third-order valence-electron chi connectivity index (χ3n) is 2.54. The first kappa shape index (κ1) is 16.3. The summed E-state index contributed by atoms with van der Waals surface area (Å²) in [6, 6.07) is 1.60. The van der Waals surface area contributed by atoms with Gasteiger partial charge in [-0.25, -0.2) is 14.9 Å². The zero-order chi connectivity index (χ0) is 17.0. The van der Waals surface area contributed by atoms with E-state index in [0.29, 0.717) is 11.4 Å². The lowest BCUT2D eigenvalue weighted by atomic mass is 9.97. The van der Waals surface area contributed by atoms with E-state index in [4.69, 9.17) is 14.6 Å². The molecule has 0 atom stereocenters. The number of methoxy groups -OCH3 is 1. The Labute approximate surface area is 132 Å². The number of rotatable bonds is 4. The summed E-state index contributed by atoms with van der Waals surface area (Å²) in [6.45, 7) is 5.94. The number of H-pyrrole nitrogens is 1. The quantitative estimate of drug-likeness (QED) is 0.831. The summed E-state index contributed by atoms with van der Waals surface area (Å²) >= 11 is 0. The molecule has 0 saturated heterocycles. The number of carboxylic acid groups (broad SMARTS) is 1. The Bertz CT molecular complexity index is 781. The molecule has 0 amide bonds. The van der Waals surface area contributed by atoms with Crippen LogP contribution in [-0.2, 0) is 0 Å². The number of carbonyl (C=O) groups is 1. The second kappa shape index (κ2) is 6.36. The number of hydrogen-bond acceptors (Lipinski definition) is 6. The first-order valence-electron chi connectivity index (χ1n) is 6.69. The number of nitrogens with one attached hydrogen (secondary N) is 1. The van der Waals surface area contributed by atoms with E-state index in [1.54, 1.807) is 6.07 Å². The molecule has 0 bridgehead atoms. The van der Waals surface area contributed by atoms with Crippen LogP contribution in [0.3, 0.4) is 0 Å². The van der Waals surface area contributed by atoms with Gasteiger partial charge in [0.25, 0.3) is 5.88 Å². The van der Waals surface area contributed by atoms with Crippen molar-refractivity contribution < 1.29 is 19.4 Å². The van der Waals surface area contributed by atoms with Crippen LogP contribution in [0.15, 0.2) is 12.3 Å². The van der Waals surface area contributed by atoms with Crippen LogP contribution >= 0.6 is 0 Å². The van der Waals surface area contributed by atoms with Gasteiger partial charge < -0.3 is 14.6 Å². The third kappa shape index (κ3) is 4.20. The Morgan fingerprint density at radius 1 is 1.35 bits per heavy atom. The molecule has 23 heavy (non-hydrogen) atoms. The normalized spacial score (nSPS) is 10.6. The predicted molar refractivity (Wildman–Crippen MR) is 80.5 cm³/mol. The standard InChI is InChI=1S/C15H16N4O4/c1-15(2,3)6-5-9-7-10(8-16-12(9)22-4)23-13-11(14(20)21)17-19-18-13/h7-8H,1-4H3,(H,20,21)(H,17,18,19). The maximum absolute atomic E-state index is 11.0. The van der Waals surface area contributed by atoms with Gasteiger partial charge in [0, 0.05) is 11.5 Å². The lowest BCUT2D eigenvalue weighted by molar-refractivity contribution is 0.0687. The second-order valence-electron chi connectivity index (χ2n) is 5.63. The zero-order valence-electron chi connectivity index (χ0n) is 13.2. The van der Waals surface area contributed by atoms with Crippen molar-refractivity contribution in [1.29, 1.82) is 0 Å². The number of aromatic carboxylic acids is 1. The Kier molecular flexibility index (Phi) is 4.50. The number of ether oxygens (including phenoxy) is 2. The molecule has 2 N–H and O–H groups in total. The molecule has 0 saturated carbocycles. The van der Waals surface area contributed by atoms with E-state index in [0.717, 1.165) is 0 Å². The van der Waals surface area contributed by atoms with Crippen LogP contribution in [0, 0.1) is 17.3 Å². The van der Waals surface area contributed by atoms with E-state index in [1.807, 2.05) is 20.8 Å². The maximum atomic E-state index is 11.0. The van der Waals surface area contributed by atoms with Gasteiger partial charge in [-0.3, -0.25) is 0 Å². The van der Waals surface area contributed by atoms with E-state index in [1.165, 1.54) is 13.3 Å². The molecule has 2 rings (SSSR count). The van der Waals surface area contributed by atoms with Crippen molar-refractivity contribution in [1.82, 2.24) is 20.4 Å². The van der Waals surface area contributed by atoms with Crippen molar-refractivity contribution >= 4 is 5.97 Å². The molecule has 0 aromatic carbocycles. The van der Waals surface area contributed by atoms with Gasteiger partial charge in [-0.05, 0) is 20.8 Å². The molecule has 0 aliphatic heterocycles. The minimum Gasteiger partial charge on any atom is -0.480 e. The van der Waals surface area contributed by atoms with Crippen LogP contribution in [0.5, 0.6) is 17.5 Å². The van der Waals surface area contributed by atoms with Crippen LogP contribution in [-0.4, -0.2) is 38.6 Å². The summed E-state index contributed by atoms with van der Waals surface area (Å²) in [5, 5.41) is 18.2. The van der Waals surface area contributed by atoms with Crippen LogP contribution in [0.25, 0.3) is 0 Å². The minimum absolute atomic E-state index is 0.154. The van der Waals surface area contributed by atoms with Crippen molar-refractivity contribution in [2.45, 2.75) is 20.8 Å². The van der Waals surface area contributed by atoms with Crippen molar-refractivity contribution in [2.75, 3.05) is 7.11 Å². The SMILES string of the molecule is COc1ncc(Oc2nn[nH]c2C(=O)O)cc1C#CC(C)(C)C. The summed E-state index contributed by atoms with van der Waals surface area (Å²) in [5.74, 6) is 5.31. The molecule has 0 unspecified atom stereocenters. The van der Waals surface area contributed by atoms with E-state index in [9.17, 15) is 4.79 Å².